The van der Waals surface area contributed by atoms with E-state index in [1.165, 1.54) is 9.80 Å². The quantitative estimate of drug-likeness (QED) is 0.784. The number of carbonyl (C=O) groups is 3. The monoisotopic (exact) mass is 319 g/mol. The Labute approximate surface area is 135 Å². The minimum absolute atomic E-state index is 0.130. The van der Waals surface area contributed by atoms with E-state index in [0.717, 1.165) is 5.75 Å². The molecule has 1 aromatic rings. The highest BCUT2D eigenvalue weighted by Gasteiger charge is 2.32. The average molecular weight is 319 g/mol. The summed E-state index contributed by atoms with van der Waals surface area (Å²) in [5, 5.41) is 2.71. The third-order valence-corrected chi connectivity index (χ3v) is 3.56. The maximum atomic E-state index is 12.0. The molecule has 1 heterocycles. The molecule has 3 amide bonds. The van der Waals surface area contributed by atoms with E-state index in [-0.39, 0.29) is 12.5 Å². The van der Waals surface area contributed by atoms with E-state index in [1.807, 2.05) is 13.8 Å². The van der Waals surface area contributed by atoms with Gasteiger partial charge in [-0.1, -0.05) is 0 Å². The van der Waals surface area contributed by atoms with E-state index in [9.17, 15) is 14.4 Å². The van der Waals surface area contributed by atoms with E-state index in [1.54, 1.807) is 24.3 Å². The lowest BCUT2D eigenvalue weighted by Crippen LogP contribution is -2.55. The summed E-state index contributed by atoms with van der Waals surface area (Å²) in [6, 6.07) is 6.97. The van der Waals surface area contributed by atoms with Crippen molar-refractivity contribution >= 4 is 23.4 Å². The molecule has 0 radical (unpaired) electrons. The number of rotatable bonds is 6. The predicted octanol–water partition coefficient (Wildman–Crippen LogP) is 0.714. The Kier molecular flexibility index (Phi) is 5.56. The summed E-state index contributed by atoms with van der Waals surface area (Å²) in [6.07, 6.45) is 0. The fraction of sp³-hybridized carbons (Fsp3) is 0.438. The van der Waals surface area contributed by atoms with Gasteiger partial charge in [0, 0.05) is 25.3 Å². The molecule has 0 aliphatic carbocycles. The van der Waals surface area contributed by atoms with Crippen molar-refractivity contribution in [3.8, 4) is 5.75 Å². The molecule has 1 saturated heterocycles. The van der Waals surface area contributed by atoms with E-state index < -0.39 is 11.8 Å². The number of nitrogens with one attached hydrogen (secondary N) is 1. The van der Waals surface area contributed by atoms with Gasteiger partial charge in [-0.25, -0.2) is 0 Å². The molecule has 124 valence electrons. The van der Waals surface area contributed by atoms with Crippen LogP contribution in [0.5, 0.6) is 5.75 Å². The molecule has 1 aliphatic heterocycles. The lowest BCUT2D eigenvalue weighted by Gasteiger charge is -2.32. The minimum atomic E-state index is -0.625. The number of nitrogens with zero attached hydrogens (tertiary/aromatic N) is 2. The molecular weight excluding hydrogens is 298 g/mol. The molecule has 0 atom stereocenters. The zero-order chi connectivity index (χ0) is 16.8. The number of likely N-dealkylation sites (N-methyl/N-ethyl adjacent to an activating group) is 1. The third-order valence-electron chi connectivity index (χ3n) is 3.56. The maximum absolute atomic E-state index is 12.0. The number of anilines is 1. The molecule has 1 N–H and O–H groups in total. The molecule has 0 bridgehead atoms. The molecule has 1 fully saturated rings. The van der Waals surface area contributed by atoms with Crippen LogP contribution in [0, 0.1) is 0 Å². The van der Waals surface area contributed by atoms with Crippen molar-refractivity contribution in [2.75, 3.05) is 38.1 Å². The summed E-state index contributed by atoms with van der Waals surface area (Å²) < 4.78 is 5.33. The van der Waals surface area contributed by atoms with Crippen molar-refractivity contribution in [3.63, 3.8) is 0 Å². The fourth-order valence-electron chi connectivity index (χ4n) is 2.34. The van der Waals surface area contributed by atoms with E-state index in [4.69, 9.17) is 4.74 Å². The van der Waals surface area contributed by atoms with Crippen LogP contribution < -0.4 is 10.1 Å². The summed E-state index contributed by atoms with van der Waals surface area (Å²) >= 11 is 0. The average Bonchev–Trinajstić information content (AvgIpc) is 2.54. The second-order valence-electron chi connectivity index (χ2n) is 5.12. The van der Waals surface area contributed by atoms with Gasteiger partial charge in [0.15, 0.2) is 0 Å². The Morgan fingerprint density at radius 1 is 1.09 bits per heavy atom. The van der Waals surface area contributed by atoms with Gasteiger partial charge in [0.05, 0.1) is 6.61 Å². The Morgan fingerprint density at radius 3 is 2.30 bits per heavy atom. The van der Waals surface area contributed by atoms with Crippen LogP contribution in [0.2, 0.25) is 0 Å². The summed E-state index contributed by atoms with van der Waals surface area (Å²) in [5.74, 6) is -0.783. The molecule has 0 unspecified atom stereocenters. The Hall–Kier alpha value is -2.57. The smallest absolute Gasteiger partial charge is 0.312 e. The molecule has 1 aromatic carbocycles. The van der Waals surface area contributed by atoms with Gasteiger partial charge in [0.1, 0.15) is 12.3 Å². The molecular formula is C16H21N3O4. The Bertz CT molecular complexity index is 585. The van der Waals surface area contributed by atoms with Gasteiger partial charge < -0.3 is 19.9 Å². The number of amides is 3. The van der Waals surface area contributed by atoms with Gasteiger partial charge in [-0.3, -0.25) is 14.4 Å². The van der Waals surface area contributed by atoms with Crippen LogP contribution in [-0.4, -0.2) is 60.3 Å². The van der Waals surface area contributed by atoms with Gasteiger partial charge in [0.25, 0.3) is 0 Å². The number of hydrogen-bond donors (Lipinski definition) is 1. The topological polar surface area (TPSA) is 79.0 Å². The zero-order valence-electron chi connectivity index (χ0n) is 13.4. The first-order valence-electron chi connectivity index (χ1n) is 7.66. The standard InChI is InChI=1S/C16H21N3O4/c1-3-18-9-10-19(16(22)15(18)21)11-14(20)17-12-5-7-13(8-6-12)23-4-2/h5-8H,3-4,9-11H2,1-2H3,(H,17,20). The van der Waals surface area contributed by atoms with E-state index in [0.29, 0.717) is 31.9 Å². The van der Waals surface area contributed by atoms with Crippen LogP contribution in [-0.2, 0) is 14.4 Å². The molecule has 23 heavy (non-hydrogen) atoms. The molecule has 7 nitrogen and oxygen atoms in total. The highest BCUT2D eigenvalue weighted by molar-refractivity contribution is 6.35. The summed E-state index contributed by atoms with van der Waals surface area (Å²) in [4.78, 5) is 38.5. The molecule has 1 aliphatic rings. The number of hydrogen-bond acceptors (Lipinski definition) is 4. The highest BCUT2D eigenvalue weighted by Crippen LogP contribution is 2.15. The van der Waals surface area contributed by atoms with E-state index >= 15 is 0 Å². The lowest BCUT2D eigenvalue weighted by atomic mass is 10.2. The lowest BCUT2D eigenvalue weighted by molar-refractivity contribution is -0.156. The van der Waals surface area contributed by atoms with Gasteiger partial charge in [-0.2, -0.15) is 0 Å². The van der Waals surface area contributed by atoms with Gasteiger partial charge in [0.2, 0.25) is 5.91 Å². The SMILES string of the molecule is CCOc1ccc(NC(=O)CN2CCN(CC)C(=O)C2=O)cc1. The fourth-order valence-corrected chi connectivity index (χ4v) is 2.34. The third kappa shape index (κ3) is 4.21. The number of benzene rings is 1. The Balaban J connectivity index is 1.89. The van der Waals surface area contributed by atoms with Crippen molar-refractivity contribution in [2.45, 2.75) is 13.8 Å². The normalized spacial score (nSPS) is 14.9. The molecule has 0 aromatic heterocycles. The van der Waals surface area contributed by atoms with Crippen LogP contribution in [0.4, 0.5) is 5.69 Å². The van der Waals surface area contributed by atoms with Crippen LogP contribution in [0.3, 0.4) is 0 Å². The largest absolute Gasteiger partial charge is 0.494 e. The minimum Gasteiger partial charge on any atom is -0.494 e. The number of piperazine rings is 1. The first kappa shape index (κ1) is 16.8. The van der Waals surface area contributed by atoms with Crippen molar-refractivity contribution < 1.29 is 19.1 Å². The van der Waals surface area contributed by atoms with Crippen molar-refractivity contribution in [1.29, 1.82) is 0 Å². The van der Waals surface area contributed by atoms with E-state index in [2.05, 4.69) is 5.32 Å². The van der Waals surface area contributed by atoms with Crippen LogP contribution in [0.1, 0.15) is 13.8 Å². The number of carbonyl (C=O) groups excluding carboxylic acids is 3. The number of ether oxygens (including phenoxy) is 1. The van der Waals surface area contributed by atoms with Crippen molar-refractivity contribution in [3.05, 3.63) is 24.3 Å². The Morgan fingerprint density at radius 2 is 1.70 bits per heavy atom. The molecule has 2 rings (SSSR count). The van der Waals surface area contributed by atoms with Gasteiger partial charge >= 0.3 is 11.8 Å². The van der Waals surface area contributed by atoms with Crippen LogP contribution in [0.25, 0.3) is 0 Å². The second-order valence-corrected chi connectivity index (χ2v) is 5.12. The second kappa shape index (κ2) is 7.62. The summed E-state index contributed by atoms with van der Waals surface area (Å²) in [7, 11) is 0. The summed E-state index contributed by atoms with van der Waals surface area (Å²) in [6.45, 7) is 5.48. The van der Waals surface area contributed by atoms with Crippen LogP contribution in [0.15, 0.2) is 24.3 Å². The van der Waals surface area contributed by atoms with Crippen molar-refractivity contribution in [2.24, 2.45) is 0 Å². The highest BCUT2D eigenvalue weighted by atomic mass is 16.5. The predicted molar refractivity (Wildman–Crippen MR) is 85.1 cm³/mol. The molecule has 0 spiro atoms. The van der Waals surface area contributed by atoms with Gasteiger partial charge in [-0.05, 0) is 38.1 Å². The zero-order valence-corrected chi connectivity index (χ0v) is 13.4. The van der Waals surface area contributed by atoms with Crippen LogP contribution >= 0.6 is 0 Å². The van der Waals surface area contributed by atoms with Crippen molar-refractivity contribution in [1.82, 2.24) is 9.80 Å². The maximum Gasteiger partial charge on any atom is 0.312 e. The molecule has 7 heteroatoms. The molecule has 0 saturated carbocycles. The van der Waals surface area contributed by atoms with Gasteiger partial charge in [-0.15, -0.1) is 0 Å². The first-order chi connectivity index (χ1) is 11.0. The first-order valence-corrected chi connectivity index (χ1v) is 7.66. The summed E-state index contributed by atoms with van der Waals surface area (Å²) in [5.41, 5.74) is 0.615.